The molecule has 1 saturated heterocycles. The van der Waals surface area contributed by atoms with Gasteiger partial charge in [0.15, 0.2) is 5.11 Å². The maximum Gasteiger partial charge on any atom is 0.410 e. The van der Waals surface area contributed by atoms with Gasteiger partial charge in [0.2, 0.25) is 0 Å². The Hall–Kier alpha value is -1.53. The number of thiocarbonyl (C=S) groups is 1. The molecule has 0 spiro atoms. The van der Waals surface area contributed by atoms with Crippen LogP contribution in [0.3, 0.4) is 0 Å². The van der Waals surface area contributed by atoms with Crippen LogP contribution in [0.4, 0.5) is 10.5 Å². The number of hydrogen-bond acceptors (Lipinski definition) is 3. The summed E-state index contributed by atoms with van der Waals surface area (Å²) in [6.45, 7) is 9.49. The molecule has 1 aliphatic rings. The number of anilines is 1. The fraction of sp³-hybridized carbons (Fsp3) is 0.529. The molecule has 24 heavy (non-hydrogen) atoms. The number of nitrogens with one attached hydrogen (secondary N) is 1. The summed E-state index contributed by atoms with van der Waals surface area (Å²) in [7, 11) is 0. The van der Waals surface area contributed by atoms with Crippen LogP contribution in [0.25, 0.3) is 0 Å². The van der Waals surface area contributed by atoms with Crippen LogP contribution in [0, 0.1) is 0 Å². The van der Waals surface area contributed by atoms with E-state index in [-0.39, 0.29) is 12.1 Å². The number of amides is 1. The molecule has 0 saturated carbocycles. The maximum atomic E-state index is 12.2. The van der Waals surface area contributed by atoms with E-state index in [0.29, 0.717) is 29.8 Å². The highest BCUT2D eigenvalue weighted by Gasteiger charge is 2.30. The van der Waals surface area contributed by atoms with Gasteiger partial charge in [0, 0.05) is 36.4 Å². The molecule has 1 aliphatic heterocycles. The lowest BCUT2D eigenvalue weighted by Gasteiger charge is -2.41. The number of carbonyl (C=O) groups is 1. The first kappa shape index (κ1) is 18.8. The number of piperazine rings is 1. The van der Waals surface area contributed by atoms with Crippen LogP contribution in [-0.4, -0.2) is 52.3 Å². The van der Waals surface area contributed by atoms with Gasteiger partial charge in [-0.05, 0) is 64.2 Å². The van der Waals surface area contributed by atoms with Gasteiger partial charge in [0.05, 0.1) is 0 Å². The van der Waals surface area contributed by atoms with Crippen molar-refractivity contribution >= 4 is 40.7 Å². The molecule has 1 aromatic rings. The largest absolute Gasteiger partial charge is 0.444 e. The second kappa shape index (κ2) is 7.57. The van der Waals surface area contributed by atoms with E-state index in [1.807, 2.05) is 52.0 Å². The van der Waals surface area contributed by atoms with Gasteiger partial charge in [-0.15, -0.1) is 0 Å². The highest BCUT2D eigenvalue weighted by atomic mass is 35.5. The van der Waals surface area contributed by atoms with Crippen LogP contribution in [-0.2, 0) is 4.74 Å². The molecule has 1 aromatic carbocycles. The Bertz CT molecular complexity index is 601. The highest BCUT2D eigenvalue weighted by Crippen LogP contribution is 2.18. The van der Waals surface area contributed by atoms with Gasteiger partial charge in [-0.2, -0.15) is 0 Å². The minimum Gasteiger partial charge on any atom is -0.444 e. The van der Waals surface area contributed by atoms with Crippen LogP contribution in [0.1, 0.15) is 27.7 Å². The van der Waals surface area contributed by atoms with Crippen molar-refractivity contribution in [1.82, 2.24) is 9.80 Å². The Balaban J connectivity index is 1.91. The van der Waals surface area contributed by atoms with Gasteiger partial charge in [-0.1, -0.05) is 11.6 Å². The van der Waals surface area contributed by atoms with Crippen LogP contribution >= 0.6 is 23.8 Å². The van der Waals surface area contributed by atoms with E-state index >= 15 is 0 Å². The molecule has 1 atom stereocenters. The number of ether oxygens (including phenoxy) is 1. The number of hydrogen-bond donors (Lipinski definition) is 1. The first-order chi connectivity index (χ1) is 11.2. The zero-order valence-corrected chi connectivity index (χ0v) is 16.1. The van der Waals surface area contributed by atoms with E-state index in [2.05, 4.69) is 10.2 Å². The first-order valence-corrected chi connectivity index (χ1v) is 8.75. The van der Waals surface area contributed by atoms with Crippen molar-refractivity contribution in [2.24, 2.45) is 0 Å². The van der Waals surface area contributed by atoms with Crippen LogP contribution in [0.15, 0.2) is 24.3 Å². The van der Waals surface area contributed by atoms with E-state index in [0.717, 1.165) is 5.69 Å². The third-order valence-corrected chi connectivity index (χ3v) is 4.22. The molecule has 132 valence electrons. The Morgan fingerprint density at radius 1 is 1.29 bits per heavy atom. The van der Waals surface area contributed by atoms with Crippen LogP contribution < -0.4 is 5.32 Å². The molecule has 1 heterocycles. The Kier molecular flexibility index (Phi) is 5.93. The third-order valence-electron chi connectivity index (χ3n) is 3.64. The van der Waals surface area contributed by atoms with Gasteiger partial charge >= 0.3 is 6.09 Å². The average Bonchev–Trinajstić information content (AvgIpc) is 2.47. The molecule has 1 N–H and O–H groups in total. The monoisotopic (exact) mass is 369 g/mol. The van der Waals surface area contributed by atoms with Crippen molar-refractivity contribution in [2.45, 2.75) is 39.3 Å². The molecule has 0 aromatic heterocycles. The molecular weight excluding hydrogens is 346 g/mol. The quantitative estimate of drug-likeness (QED) is 0.758. The van der Waals surface area contributed by atoms with Gasteiger partial charge in [-0.3, -0.25) is 0 Å². The number of halogens is 1. The lowest BCUT2D eigenvalue weighted by Crippen LogP contribution is -2.56. The lowest BCUT2D eigenvalue weighted by atomic mass is 10.2. The summed E-state index contributed by atoms with van der Waals surface area (Å²) in [5.74, 6) is 0. The van der Waals surface area contributed by atoms with E-state index in [9.17, 15) is 4.79 Å². The summed E-state index contributed by atoms with van der Waals surface area (Å²) >= 11 is 11.4. The Labute approximate surface area is 153 Å². The fourth-order valence-corrected chi connectivity index (χ4v) is 3.00. The van der Waals surface area contributed by atoms with E-state index < -0.39 is 5.60 Å². The van der Waals surface area contributed by atoms with Gasteiger partial charge < -0.3 is 19.9 Å². The average molecular weight is 370 g/mol. The smallest absolute Gasteiger partial charge is 0.410 e. The van der Waals surface area contributed by atoms with Crippen molar-refractivity contribution in [1.29, 1.82) is 0 Å². The molecule has 0 radical (unpaired) electrons. The number of benzene rings is 1. The number of nitrogens with zero attached hydrogens (tertiary/aromatic N) is 2. The van der Waals surface area contributed by atoms with Crippen molar-refractivity contribution in [3.63, 3.8) is 0 Å². The predicted molar refractivity (Wildman–Crippen MR) is 102 cm³/mol. The second-order valence-electron chi connectivity index (χ2n) is 6.91. The molecule has 2 rings (SSSR count). The molecule has 1 fully saturated rings. The zero-order chi connectivity index (χ0) is 17.9. The zero-order valence-electron chi connectivity index (χ0n) is 14.5. The normalized spacial score (nSPS) is 18.3. The molecule has 0 aliphatic carbocycles. The van der Waals surface area contributed by atoms with Gasteiger partial charge in [0.1, 0.15) is 5.60 Å². The van der Waals surface area contributed by atoms with Gasteiger partial charge in [0.25, 0.3) is 0 Å². The predicted octanol–water partition coefficient (Wildman–Crippen LogP) is 3.98. The van der Waals surface area contributed by atoms with Crippen molar-refractivity contribution in [3.8, 4) is 0 Å². The van der Waals surface area contributed by atoms with Crippen molar-refractivity contribution < 1.29 is 9.53 Å². The summed E-state index contributed by atoms with van der Waals surface area (Å²) in [6.07, 6.45) is -0.273. The summed E-state index contributed by atoms with van der Waals surface area (Å²) in [6, 6.07) is 7.51. The molecule has 1 amide bonds. The molecular formula is C17H24ClN3O2S. The lowest BCUT2D eigenvalue weighted by molar-refractivity contribution is 0.0135. The fourth-order valence-electron chi connectivity index (χ4n) is 2.48. The molecule has 5 nitrogen and oxygen atoms in total. The summed E-state index contributed by atoms with van der Waals surface area (Å²) in [5, 5.41) is 4.55. The molecule has 7 heteroatoms. The summed E-state index contributed by atoms with van der Waals surface area (Å²) in [4.78, 5) is 16.0. The topological polar surface area (TPSA) is 44.8 Å². The number of carbonyl (C=O) groups excluding carboxylic acids is 1. The minimum atomic E-state index is -0.483. The Morgan fingerprint density at radius 3 is 2.46 bits per heavy atom. The standard InChI is InChI=1S/C17H24ClN3O2S/c1-12-11-20(16(22)23-17(2,3)4)9-10-21(12)15(24)19-14-7-5-13(18)6-8-14/h5-8,12H,9-11H2,1-4H3,(H,19,24). The van der Waals surface area contributed by atoms with Gasteiger partial charge in [-0.25, -0.2) is 4.79 Å². The second-order valence-corrected chi connectivity index (χ2v) is 7.73. The Morgan fingerprint density at radius 2 is 1.92 bits per heavy atom. The molecule has 1 unspecified atom stereocenters. The minimum absolute atomic E-state index is 0.110. The highest BCUT2D eigenvalue weighted by molar-refractivity contribution is 7.80. The van der Waals surface area contributed by atoms with Crippen LogP contribution in [0.2, 0.25) is 5.02 Å². The van der Waals surface area contributed by atoms with E-state index in [1.165, 1.54) is 0 Å². The van der Waals surface area contributed by atoms with Crippen molar-refractivity contribution in [3.05, 3.63) is 29.3 Å². The van der Waals surface area contributed by atoms with Crippen molar-refractivity contribution in [2.75, 3.05) is 25.0 Å². The maximum absolute atomic E-state index is 12.2. The summed E-state index contributed by atoms with van der Waals surface area (Å²) < 4.78 is 5.44. The first-order valence-electron chi connectivity index (χ1n) is 7.97. The van der Waals surface area contributed by atoms with E-state index in [1.54, 1.807) is 4.90 Å². The SMILES string of the molecule is CC1CN(C(=O)OC(C)(C)C)CCN1C(=S)Nc1ccc(Cl)cc1. The third kappa shape index (κ3) is 5.24. The van der Waals surface area contributed by atoms with E-state index in [4.69, 9.17) is 28.6 Å². The summed E-state index contributed by atoms with van der Waals surface area (Å²) in [5.41, 5.74) is 0.411. The van der Waals surface area contributed by atoms with Crippen LogP contribution in [0.5, 0.6) is 0 Å². The number of rotatable bonds is 1. The molecule has 0 bridgehead atoms.